The van der Waals surface area contributed by atoms with Crippen LogP contribution in [0.1, 0.15) is 32.1 Å². The predicted molar refractivity (Wildman–Crippen MR) is 58.4 cm³/mol. The van der Waals surface area contributed by atoms with Crippen molar-refractivity contribution in [2.24, 2.45) is 0 Å². The summed E-state index contributed by atoms with van der Waals surface area (Å²) in [7, 11) is 0. The Balaban J connectivity index is 2.22. The minimum atomic E-state index is 0.0234. The van der Waals surface area contributed by atoms with Crippen LogP contribution in [0.4, 0.5) is 0 Å². The molecular weight excluding hydrogens is 192 g/mol. The molecule has 4 heteroatoms. The lowest BCUT2D eigenvalue weighted by atomic mass is 10.2. The van der Waals surface area contributed by atoms with Gasteiger partial charge in [0.2, 0.25) is 5.91 Å². The van der Waals surface area contributed by atoms with Gasteiger partial charge in [-0.05, 0) is 25.5 Å². The standard InChI is InChI=1S/C11H18N2O2/c1-3-6-12-11(14)8-13-9(2)10-5-4-7-15-10/h4-5,7,9,13H,3,6,8H2,1-2H3,(H,12,14). The first-order valence-electron chi connectivity index (χ1n) is 5.27. The molecule has 84 valence electrons. The number of amides is 1. The van der Waals surface area contributed by atoms with Gasteiger partial charge in [-0.2, -0.15) is 0 Å². The molecule has 1 unspecified atom stereocenters. The fourth-order valence-corrected chi connectivity index (χ4v) is 1.21. The smallest absolute Gasteiger partial charge is 0.233 e. The lowest BCUT2D eigenvalue weighted by Crippen LogP contribution is -2.35. The second kappa shape index (κ2) is 6.24. The molecule has 15 heavy (non-hydrogen) atoms. The van der Waals surface area contributed by atoms with Crippen LogP contribution in [0.3, 0.4) is 0 Å². The Morgan fingerprint density at radius 1 is 1.60 bits per heavy atom. The molecule has 1 rings (SSSR count). The molecule has 0 spiro atoms. The Hall–Kier alpha value is -1.29. The maximum Gasteiger partial charge on any atom is 0.233 e. The number of hydrogen-bond donors (Lipinski definition) is 2. The molecule has 2 N–H and O–H groups in total. The number of carbonyl (C=O) groups is 1. The topological polar surface area (TPSA) is 54.3 Å². The quantitative estimate of drug-likeness (QED) is 0.747. The van der Waals surface area contributed by atoms with Gasteiger partial charge in [-0.3, -0.25) is 10.1 Å². The summed E-state index contributed by atoms with van der Waals surface area (Å²) in [6.45, 7) is 5.04. The van der Waals surface area contributed by atoms with E-state index in [4.69, 9.17) is 4.42 Å². The van der Waals surface area contributed by atoms with Gasteiger partial charge in [-0.15, -0.1) is 0 Å². The lowest BCUT2D eigenvalue weighted by Gasteiger charge is -2.10. The van der Waals surface area contributed by atoms with Gasteiger partial charge in [0.25, 0.3) is 0 Å². The second-order valence-electron chi connectivity index (χ2n) is 3.47. The van der Waals surface area contributed by atoms with Crippen LogP contribution < -0.4 is 10.6 Å². The molecule has 4 nitrogen and oxygen atoms in total. The van der Waals surface area contributed by atoms with Crippen molar-refractivity contribution in [3.8, 4) is 0 Å². The van der Waals surface area contributed by atoms with Crippen LogP contribution in [0.15, 0.2) is 22.8 Å². The Morgan fingerprint density at radius 3 is 3.00 bits per heavy atom. The molecule has 0 aliphatic carbocycles. The van der Waals surface area contributed by atoms with Crippen molar-refractivity contribution in [2.75, 3.05) is 13.1 Å². The van der Waals surface area contributed by atoms with E-state index in [2.05, 4.69) is 10.6 Å². The molecule has 0 bridgehead atoms. The third-order valence-corrected chi connectivity index (χ3v) is 2.11. The molecule has 1 heterocycles. The van der Waals surface area contributed by atoms with Crippen LogP contribution in [0.25, 0.3) is 0 Å². The van der Waals surface area contributed by atoms with Crippen LogP contribution in [0.2, 0.25) is 0 Å². The van der Waals surface area contributed by atoms with Crippen molar-refractivity contribution in [1.29, 1.82) is 0 Å². The first-order chi connectivity index (χ1) is 7.24. The molecule has 0 radical (unpaired) electrons. The molecular formula is C11H18N2O2. The first kappa shape index (κ1) is 11.8. The number of nitrogens with one attached hydrogen (secondary N) is 2. The highest BCUT2D eigenvalue weighted by molar-refractivity contribution is 5.77. The average Bonchev–Trinajstić information content (AvgIpc) is 2.76. The van der Waals surface area contributed by atoms with Gasteiger partial charge in [0.15, 0.2) is 0 Å². The van der Waals surface area contributed by atoms with Gasteiger partial charge in [0, 0.05) is 6.54 Å². The summed E-state index contributed by atoms with van der Waals surface area (Å²) in [6.07, 6.45) is 2.59. The van der Waals surface area contributed by atoms with E-state index in [1.807, 2.05) is 26.0 Å². The summed E-state index contributed by atoms with van der Waals surface area (Å²) in [5.41, 5.74) is 0. The van der Waals surface area contributed by atoms with E-state index in [9.17, 15) is 4.79 Å². The monoisotopic (exact) mass is 210 g/mol. The largest absolute Gasteiger partial charge is 0.468 e. The highest BCUT2D eigenvalue weighted by Crippen LogP contribution is 2.11. The Labute approximate surface area is 90.0 Å². The number of furan rings is 1. The van der Waals surface area contributed by atoms with Gasteiger partial charge < -0.3 is 9.73 Å². The Morgan fingerprint density at radius 2 is 2.40 bits per heavy atom. The van der Waals surface area contributed by atoms with Crippen LogP contribution in [0.5, 0.6) is 0 Å². The van der Waals surface area contributed by atoms with Crippen LogP contribution in [0, 0.1) is 0 Å². The molecule has 1 atom stereocenters. The molecule has 0 fully saturated rings. The molecule has 0 saturated carbocycles. The van der Waals surface area contributed by atoms with E-state index in [0.717, 1.165) is 18.7 Å². The second-order valence-corrected chi connectivity index (χ2v) is 3.47. The van der Waals surface area contributed by atoms with E-state index in [1.54, 1.807) is 6.26 Å². The molecule has 1 amide bonds. The first-order valence-corrected chi connectivity index (χ1v) is 5.27. The molecule has 1 aromatic heterocycles. The lowest BCUT2D eigenvalue weighted by molar-refractivity contribution is -0.120. The summed E-state index contributed by atoms with van der Waals surface area (Å²) in [5.74, 6) is 0.869. The summed E-state index contributed by atoms with van der Waals surface area (Å²) >= 11 is 0. The fourth-order valence-electron chi connectivity index (χ4n) is 1.21. The molecule has 0 aliphatic heterocycles. The van der Waals surface area contributed by atoms with Gasteiger partial charge in [0.1, 0.15) is 5.76 Å². The molecule has 1 aromatic rings. The molecule has 0 saturated heterocycles. The van der Waals surface area contributed by atoms with Crippen molar-refractivity contribution in [1.82, 2.24) is 10.6 Å². The average molecular weight is 210 g/mol. The summed E-state index contributed by atoms with van der Waals surface area (Å²) < 4.78 is 5.21. The molecule has 0 aliphatic rings. The fraction of sp³-hybridized carbons (Fsp3) is 0.545. The summed E-state index contributed by atoms with van der Waals surface area (Å²) in [6, 6.07) is 3.79. The minimum absolute atomic E-state index is 0.0234. The maximum absolute atomic E-state index is 11.3. The number of hydrogen-bond acceptors (Lipinski definition) is 3. The van der Waals surface area contributed by atoms with Gasteiger partial charge in [-0.1, -0.05) is 6.92 Å². The van der Waals surface area contributed by atoms with Gasteiger partial charge in [-0.25, -0.2) is 0 Å². The van der Waals surface area contributed by atoms with E-state index in [-0.39, 0.29) is 11.9 Å². The van der Waals surface area contributed by atoms with Gasteiger partial charge >= 0.3 is 0 Å². The van der Waals surface area contributed by atoms with E-state index < -0.39 is 0 Å². The zero-order valence-electron chi connectivity index (χ0n) is 9.25. The third kappa shape index (κ3) is 4.16. The molecule has 0 aromatic carbocycles. The highest BCUT2D eigenvalue weighted by atomic mass is 16.3. The van der Waals surface area contributed by atoms with Gasteiger partial charge in [0.05, 0.1) is 18.8 Å². The normalized spacial score (nSPS) is 12.4. The summed E-state index contributed by atoms with van der Waals surface area (Å²) in [4.78, 5) is 11.3. The van der Waals surface area contributed by atoms with Crippen molar-refractivity contribution in [3.05, 3.63) is 24.2 Å². The van der Waals surface area contributed by atoms with Crippen LogP contribution >= 0.6 is 0 Å². The highest BCUT2D eigenvalue weighted by Gasteiger charge is 2.08. The van der Waals surface area contributed by atoms with E-state index in [1.165, 1.54) is 0 Å². The van der Waals surface area contributed by atoms with Crippen LogP contribution in [-0.4, -0.2) is 19.0 Å². The maximum atomic E-state index is 11.3. The van der Waals surface area contributed by atoms with E-state index in [0.29, 0.717) is 6.54 Å². The minimum Gasteiger partial charge on any atom is -0.468 e. The van der Waals surface area contributed by atoms with Crippen molar-refractivity contribution >= 4 is 5.91 Å². The van der Waals surface area contributed by atoms with Crippen molar-refractivity contribution < 1.29 is 9.21 Å². The number of rotatable bonds is 6. The number of carbonyl (C=O) groups excluding carboxylic acids is 1. The third-order valence-electron chi connectivity index (χ3n) is 2.11. The van der Waals surface area contributed by atoms with E-state index >= 15 is 0 Å². The Bertz CT molecular complexity index is 283. The SMILES string of the molecule is CCCNC(=O)CNC(C)c1ccco1. The van der Waals surface area contributed by atoms with Crippen molar-refractivity contribution in [2.45, 2.75) is 26.3 Å². The Kier molecular flexibility index (Phi) is 4.90. The van der Waals surface area contributed by atoms with Crippen molar-refractivity contribution in [3.63, 3.8) is 0 Å². The predicted octanol–water partition coefficient (Wildman–Crippen LogP) is 1.46. The zero-order valence-corrected chi connectivity index (χ0v) is 9.25. The zero-order chi connectivity index (χ0) is 11.1. The van der Waals surface area contributed by atoms with Crippen LogP contribution in [-0.2, 0) is 4.79 Å². The summed E-state index contributed by atoms with van der Waals surface area (Å²) in [5, 5.41) is 5.89.